The van der Waals surface area contributed by atoms with Crippen molar-refractivity contribution in [3.8, 4) is 0 Å². The molecule has 0 aromatic heterocycles. The van der Waals surface area contributed by atoms with Gasteiger partial charge in [0.25, 0.3) is 0 Å². The number of hydrogen-bond donors (Lipinski definition) is 0. The quantitative estimate of drug-likeness (QED) is 0.242. The van der Waals surface area contributed by atoms with E-state index in [9.17, 15) is 4.79 Å². The Morgan fingerprint density at radius 1 is 0.818 bits per heavy atom. The molecule has 0 amide bonds. The molecule has 0 spiro atoms. The zero-order valence-corrected chi connectivity index (χ0v) is 15.5. The van der Waals surface area contributed by atoms with Crippen molar-refractivity contribution >= 4 is 16.8 Å². The van der Waals surface area contributed by atoms with Crippen molar-refractivity contribution in [3.05, 3.63) is 0 Å². The van der Waals surface area contributed by atoms with E-state index < -0.39 is 0 Å². The first-order chi connectivity index (χ1) is 10.7. The Hall–Kier alpha value is -0.0400. The molecule has 2 heteroatoms. The van der Waals surface area contributed by atoms with Gasteiger partial charge < -0.3 is 0 Å². The Kier molecular flexibility index (Phi) is 12.2. The van der Waals surface area contributed by atoms with Gasteiger partial charge in [-0.2, -0.15) is 0 Å². The molecular formula is C20H37ClO. The van der Waals surface area contributed by atoms with Crippen LogP contribution in [0.2, 0.25) is 0 Å². The van der Waals surface area contributed by atoms with Gasteiger partial charge in [0.05, 0.1) is 0 Å². The molecule has 130 valence electrons. The molecule has 0 heterocycles. The van der Waals surface area contributed by atoms with Crippen LogP contribution in [-0.4, -0.2) is 5.24 Å². The van der Waals surface area contributed by atoms with Gasteiger partial charge in [0, 0.05) is 6.42 Å². The molecule has 1 aliphatic carbocycles. The summed E-state index contributed by atoms with van der Waals surface area (Å²) in [6.45, 7) is 2.29. The minimum Gasteiger partial charge on any atom is -0.281 e. The Morgan fingerprint density at radius 2 is 1.32 bits per heavy atom. The molecule has 1 rings (SSSR count). The number of rotatable bonds is 14. The monoisotopic (exact) mass is 328 g/mol. The Morgan fingerprint density at radius 3 is 1.86 bits per heavy atom. The van der Waals surface area contributed by atoms with E-state index in [1.807, 2.05) is 0 Å². The fourth-order valence-electron chi connectivity index (χ4n) is 4.08. The van der Waals surface area contributed by atoms with Gasteiger partial charge in [0.15, 0.2) is 0 Å². The molecule has 0 aromatic carbocycles. The molecule has 0 bridgehead atoms. The Labute approximate surface area is 143 Å². The number of hydrogen-bond acceptors (Lipinski definition) is 1. The van der Waals surface area contributed by atoms with E-state index in [1.54, 1.807) is 0 Å². The molecule has 0 unspecified atom stereocenters. The normalized spacial score (nSPS) is 21.4. The summed E-state index contributed by atoms with van der Waals surface area (Å²) in [6, 6.07) is 0. The highest BCUT2D eigenvalue weighted by molar-refractivity contribution is 6.63. The molecular weight excluding hydrogens is 292 g/mol. The van der Waals surface area contributed by atoms with Crippen molar-refractivity contribution in [1.29, 1.82) is 0 Å². The van der Waals surface area contributed by atoms with E-state index in [0.717, 1.165) is 18.3 Å². The first-order valence-electron chi connectivity index (χ1n) is 9.92. The van der Waals surface area contributed by atoms with Gasteiger partial charge in [-0.3, -0.25) is 4.79 Å². The molecule has 0 N–H and O–H groups in total. The molecule has 1 fully saturated rings. The maximum atomic E-state index is 10.7. The maximum Gasteiger partial charge on any atom is 0.221 e. The van der Waals surface area contributed by atoms with Crippen LogP contribution in [-0.2, 0) is 4.79 Å². The van der Waals surface area contributed by atoms with Crippen LogP contribution < -0.4 is 0 Å². The topological polar surface area (TPSA) is 17.1 Å². The predicted molar refractivity (Wildman–Crippen MR) is 97.4 cm³/mol. The van der Waals surface area contributed by atoms with Gasteiger partial charge in [-0.1, -0.05) is 96.8 Å². The number of halogens is 1. The third kappa shape index (κ3) is 9.87. The van der Waals surface area contributed by atoms with Crippen molar-refractivity contribution in [3.63, 3.8) is 0 Å². The maximum absolute atomic E-state index is 10.7. The van der Waals surface area contributed by atoms with E-state index in [4.69, 9.17) is 11.6 Å². The summed E-state index contributed by atoms with van der Waals surface area (Å²) in [6.07, 6.45) is 21.3. The van der Waals surface area contributed by atoms with Crippen LogP contribution in [0.4, 0.5) is 0 Å². The second-order valence-corrected chi connectivity index (χ2v) is 7.74. The summed E-state index contributed by atoms with van der Waals surface area (Å²) in [7, 11) is 0. The lowest BCUT2D eigenvalue weighted by Crippen LogP contribution is -2.08. The van der Waals surface area contributed by atoms with Crippen molar-refractivity contribution < 1.29 is 4.79 Å². The minimum atomic E-state index is -0.171. The molecule has 2 atom stereocenters. The third-order valence-electron chi connectivity index (χ3n) is 5.44. The molecule has 0 aliphatic heterocycles. The van der Waals surface area contributed by atoms with Crippen LogP contribution in [0, 0.1) is 11.8 Å². The van der Waals surface area contributed by atoms with Crippen LogP contribution in [0.5, 0.6) is 0 Å². The first kappa shape index (κ1) is 20.0. The zero-order chi connectivity index (χ0) is 16.0. The lowest BCUT2D eigenvalue weighted by atomic mass is 9.86. The van der Waals surface area contributed by atoms with E-state index in [2.05, 4.69) is 6.92 Å². The minimum absolute atomic E-state index is 0.171. The predicted octanol–water partition coefficient (Wildman–Crippen LogP) is 7.26. The van der Waals surface area contributed by atoms with E-state index in [0.29, 0.717) is 6.42 Å². The fourth-order valence-corrected chi connectivity index (χ4v) is 4.22. The average molecular weight is 329 g/mol. The fraction of sp³-hybridized carbons (Fsp3) is 0.950. The summed E-state index contributed by atoms with van der Waals surface area (Å²) >= 11 is 5.36. The smallest absolute Gasteiger partial charge is 0.221 e. The summed E-state index contributed by atoms with van der Waals surface area (Å²) in [5, 5.41) is -0.171. The van der Waals surface area contributed by atoms with Crippen molar-refractivity contribution in [2.24, 2.45) is 11.8 Å². The van der Waals surface area contributed by atoms with Crippen LogP contribution in [0.25, 0.3) is 0 Å². The van der Waals surface area contributed by atoms with Gasteiger partial charge in [-0.15, -0.1) is 0 Å². The Balaban J connectivity index is 1.99. The van der Waals surface area contributed by atoms with Crippen LogP contribution in [0.1, 0.15) is 110 Å². The van der Waals surface area contributed by atoms with Crippen molar-refractivity contribution in [2.75, 3.05) is 0 Å². The molecule has 1 saturated carbocycles. The van der Waals surface area contributed by atoms with E-state index in [-0.39, 0.29) is 5.24 Å². The van der Waals surface area contributed by atoms with E-state index >= 15 is 0 Å². The van der Waals surface area contributed by atoms with Crippen molar-refractivity contribution in [2.45, 2.75) is 110 Å². The summed E-state index contributed by atoms with van der Waals surface area (Å²) < 4.78 is 0. The summed E-state index contributed by atoms with van der Waals surface area (Å²) in [5.74, 6) is 2.03. The first-order valence-corrected chi connectivity index (χ1v) is 10.3. The van der Waals surface area contributed by atoms with Gasteiger partial charge in [-0.25, -0.2) is 0 Å². The lowest BCUT2D eigenvalue weighted by Gasteiger charge is -2.19. The van der Waals surface area contributed by atoms with Gasteiger partial charge in [-0.05, 0) is 29.9 Å². The highest BCUT2D eigenvalue weighted by Gasteiger charge is 2.25. The highest BCUT2D eigenvalue weighted by atomic mass is 35.5. The Bertz CT molecular complexity index is 277. The largest absolute Gasteiger partial charge is 0.281 e. The summed E-state index contributed by atoms with van der Waals surface area (Å²) in [4.78, 5) is 10.7. The average Bonchev–Trinajstić information content (AvgIpc) is 2.93. The standard InChI is InChI=1S/C20H37ClO/c1-2-3-4-5-6-9-13-18-15-12-16-19(18)14-10-7-8-11-17-20(21)22/h18-19H,2-17H2,1H3/t18-,19-/m0/s1. The number of carbonyl (C=O) groups excluding carboxylic acids is 1. The van der Waals surface area contributed by atoms with Gasteiger partial charge in [0.2, 0.25) is 5.24 Å². The molecule has 22 heavy (non-hydrogen) atoms. The molecule has 1 nitrogen and oxygen atoms in total. The number of carbonyl (C=O) groups is 1. The third-order valence-corrected chi connectivity index (χ3v) is 5.63. The van der Waals surface area contributed by atoms with Crippen LogP contribution >= 0.6 is 11.6 Å². The molecule has 1 aliphatic rings. The van der Waals surface area contributed by atoms with Crippen LogP contribution in [0.3, 0.4) is 0 Å². The molecule has 0 saturated heterocycles. The second-order valence-electron chi connectivity index (χ2n) is 7.32. The SMILES string of the molecule is CCCCCCCC[C@H]1CCC[C@@H]1CCCCCCC(=O)Cl. The number of unbranched alkanes of at least 4 members (excludes halogenated alkanes) is 8. The van der Waals surface area contributed by atoms with E-state index in [1.165, 1.54) is 89.9 Å². The molecule has 0 radical (unpaired) electrons. The second kappa shape index (κ2) is 13.4. The van der Waals surface area contributed by atoms with Crippen molar-refractivity contribution in [1.82, 2.24) is 0 Å². The molecule has 0 aromatic rings. The van der Waals surface area contributed by atoms with Gasteiger partial charge in [0.1, 0.15) is 0 Å². The van der Waals surface area contributed by atoms with Gasteiger partial charge >= 0.3 is 0 Å². The summed E-state index contributed by atoms with van der Waals surface area (Å²) in [5.41, 5.74) is 0. The highest BCUT2D eigenvalue weighted by Crippen LogP contribution is 2.38. The lowest BCUT2D eigenvalue weighted by molar-refractivity contribution is -0.111. The zero-order valence-electron chi connectivity index (χ0n) is 14.8. The van der Waals surface area contributed by atoms with Crippen LogP contribution in [0.15, 0.2) is 0 Å².